The van der Waals surface area contributed by atoms with Crippen LogP contribution >= 0.6 is 0 Å². The van der Waals surface area contributed by atoms with Crippen molar-refractivity contribution in [3.05, 3.63) is 0 Å². The second-order valence-electron chi connectivity index (χ2n) is 13.2. The molecule has 0 radical (unpaired) electrons. The molecule has 0 aliphatic heterocycles. The smallest absolute Gasteiger partial charge is 0.468 e. The summed E-state index contributed by atoms with van der Waals surface area (Å²) in [6, 6.07) is 0. The number of hydrogen-bond donors (Lipinski definition) is 0. The van der Waals surface area contributed by atoms with Crippen LogP contribution in [0.15, 0.2) is 0 Å². The summed E-state index contributed by atoms with van der Waals surface area (Å²) in [6.45, 7) is 10.4. The largest absolute Gasteiger partial charge is 0.508 e. The van der Waals surface area contributed by atoms with Crippen molar-refractivity contribution in [2.24, 2.45) is 45.3 Å². The fourth-order valence-corrected chi connectivity index (χ4v) is 9.52. The Morgan fingerprint density at radius 3 is 2.22 bits per heavy atom. The van der Waals surface area contributed by atoms with Crippen molar-refractivity contribution in [1.29, 1.82) is 0 Å². The molecule has 7 nitrogen and oxygen atoms in total. The van der Waals surface area contributed by atoms with Gasteiger partial charge in [0.2, 0.25) is 0 Å². The van der Waals surface area contributed by atoms with Crippen LogP contribution in [0.3, 0.4) is 0 Å². The monoisotopic (exact) mass is 504 g/mol. The van der Waals surface area contributed by atoms with Crippen molar-refractivity contribution in [3.63, 3.8) is 0 Å². The molecule has 36 heavy (non-hydrogen) atoms. The predicted octanol–water partition coefficient (Wildman–Crippen LogP) is 5.52. The molecule has 0 unspecified atom stereocenters. The molecule has 0 heterocycles. The average Bonchev–Trinajstić information content (AvgIpc) is 3.07. The molecule has 0 N–H and O–H groups in total. The fraction of sp³-hybridized carbons (Fsp3) is 0.862. The van der Waals surface area contributed by atoms with Gasteiger partial charge in [0.1, 0.15) is 17.3 Å². The number of rotatable bonds is 5. The van der Waals surface area contributed by atoms with E-state index in [9.17, 15) is 19.2 Å². The van der Waals surface area contributed by atoms with Crippen LogP contribution in [0.2, 0.25) is 0 Å². The first kappa shape index (κ1) is 27.1. The predicted molar refractivity (Wildman–Crippen MR) is 133 cm³/mol. The molecule has 4 saturated carbocycles. The number of ether oxygens (including phenoxy) is 3. The van der Waals surface area contributed by atoms with Crippen LogP contribution in [-0.2, 0) is 28.6 Å². The van der Waals surface area contributed by atoms with Gasteiger partial charge in [0.05, 0.1) is 14.2 Å². The van der Waals surface area contributed by atoms with E-state index < -0.39 is 23.0 Å². The van der Waals surface area contributed by atoms with E-state index in [-0.39, 0.29) is 47.3 Å². The quantitative estimate of drug-likeness (QED) is 0.359. The van der Waals surface area contributed by atoms with E-state index >= 15 is 0 Å². The third kappa shape index (κ3) is 3.82. The van der Waals surface area contributed by atoms with E-state index in [1.807, 2.05) is 0 Å². The summed E-state index contributed by atoms with van der Waals surface area (Å²) >= 11 is 0. The molecule has 0 saturated heterocycles. The lowest BCUT2D eigenvalue weighted by atomic mass is 9.41. The van der Waals surface area contributed by atoms with Crippen molar-refractivity contribution in [2.45, 2.75) is 98.5 Å². The van der Waals surface area contributed by atoms with Gasteiger partial charge in [-0.2, -0.15) is 0 Å². The zero-order valence-corrected chi connectivity index (χ0v) is 23.1. The Balaban J connectivity index is 1.64. The lowest BCUT2D eigenvalue weighted by molar-refractivity contribution is -0.180. The van der Waals surface area contributed by atoms with Gasteiger partial charge < -0.3 is 19.0 Å². The number of carbonyl (C=O) groups excluding carboxylic acids is 4. The van der Waals surface area contributed by atoms with Crippen LogP contribution in [-0.4, -0.2) is 44.0 Å². The number of fused-ring (bicyclic) bond motifs is 5. The second kappa shape index (κ2) is 9.13. The SMILES string of the molecule is COC(=O)O[C@H]1CC[C@]2(C)[C@H]3CC[C@]4(C)C(=O)[C@@](CCC(C)=O)(C(=O)OC)C[C@H]4[C@@H]3CC[C@H]2C1(C)C. The van der Waals surface area contributed by atoms with E-state index in [1.165, 1.54) is 21.1 Å². The summed E-state index contributed by atoms with van der Waals surface area (Å²) in [6.07, 6.45) is 5.64. The number of carbonyl (C=O) groups is 4. The molecule has 4 aliphatic carbocycles. The standard InChI is InChI=1S/C29H44O7/c1-17(30)10-15-29(24(32)34-6)16-20-18-8-9-21-26(2,3)22(36-25(33)35-7)12-14-27(21,4)19(18)11-13-28(20,5)23(29)31/h18-22H,8-16H2,1-7H3/t18-,19+,20+,21+,22+,27-,28+,29+/m1/s1. The van der Waals surface area contributed by atoms with Crippen LogP contribution in [0, 0.1) is 45.3 Å². The maximum absolute atomic E-state index is 14.0. The van der Waals surface area contributed by atoms with Crippen LogP contribution in [0.4, 0.5) is 4.79 Å². The zero-order valence-electron chi connectivity index (χ0n) is 23.1. The minimum atomic E-state index is -1.21. The fourth-order valence-electron chi connectivity index (χ4n) is 9.52. The first-order chi connectivity index (χ1) is 16.8. The molecular weight excluding hydrogens is 460 g/mol. The topological polar surface area (TPSA) is 96.0 Å². The Labute approximate surface area is 215 Å². The molecule has 7 heteroatoms. The normalized spacial score (nSPS) is 43.0. The minimum Gasteiger partial charge on any atom is -0.468 e. The van der Waals surface area contributed by atoms with Gasteiger partial charge in [-0.1, -0.05) is 27.7 Å². The minimum absolute atomic E-state index is 0.00524. The molecule has 0 bridgehead atoms. The van der Waals surface area contributed by atoms with E-state index in [0.717, 1.165) is 38.5 Å². The van der Waals surface area contributed by atoms with Crippen molar-refractivity contribution >= 4 is 23.7 Å². The summed E-state index contributed by atoms with van der Waals surface area (Å²) in [5.74, 6) is 0.814. The lowest BCUT2D eigenvalue weighted by Crippen LogP contribution is -2.59. The Kier molecular flexibility index (Phi) is 6.88. The van der Waals surface area contributed by atoms with Gasteiger partial charge in [0.15, 0.2) is 5.78 Å². The van der Waals surface area contributed by atoms with Crippen LogP contribution in [0.25, 0.3) is 0 Å². The van der Waals surface area contributed by atoms with Crippen molar-refractivity contribution in [2.75, 3.05) is 14.2 Å². The molecule has 4 rings (SSSR count). The zero-order chi connectivity index (χ0) is 26.7. The van der Waals surface area contributed by atoms with Crippen molar-refractivity contribution in [1.82, 2.24) is 0 Å². The molecule has 202 valence electrons. The number of esters is 1. The summed E-state index contributed by atoms with van der Waals surface area (Å²) in [5.41, 5.74) is -1.88. The maximum Gasteiger partial charge on any atom is 0.508 e. The van der Waals surface area contributed by atoms with E-state index in [0.29, 0.717) is 24.2 Å². The molecule has 0 amide bonds. The molecule has 4 aliphatic rings. The molecule has 0 aromatic heterocycles. The highest BCUT2D eigenvalue weighted by Crippen LogP contribution is 2.70. The Morgan fingerprint density at radius 1 is 0.917 bits per heavy atom. The van der Waals surface area contributed by atoms with E-state index in [4.69, 9.17) is 14.2 Å². The van der Waals surface area contributed by atoms with E-state index in [2.05, 4.69) is 27.7 Å². The summed E-state index contributed by atoms with van der Waals surface area (Å²) in [7, 11) is 2.70. The van der Waals surface area contributed by atoms with Crippen molar-refractivity contribution < 1.29 is 33.4 Å². The highest BCUT2D eigenvalue weighted by molar-refractivity contribution is 6.08. The highest BCUT2D eigenvalue weighted by Gasteiger charge is 2.69. The molecule has 8 atom stereocenters. The number of ketones is 2. The third-order valence-electron chi connectivity index (χ3n) is 11.3. The number of hydrogen-bond acceptors (Lipinski definition) is 7. The summed E-state index contributed by atoms with van der Waals surface area (Å²) < 4.78 is 15.7. The number of Topliss-reactive ketones (excluding diaryl/α,β-unsaturated/α-hetero) is 2. The first-order valence-electron chi connectivity index (χ1n) is 13.7. The molecule has 0 aromatic carbocycles. The van der Waals surface area contributed by atoms with E-state index in [1.54, 1.807) is 0 Å². The van der Waals surface area contributed by atoms with Gasteiger partial charge in [-0.15, -0.1) is 0 Å². The molecule has 0 aromatic rings. The van der Waals surface area contributed by atoms with Crippen LogP contribution in [0.1, 0.15) is 92.4 Å². The van der Waals surface area contributed by atoms with Crippen LogP contribution in [0.5, 0.6) is 0 Å². The van der Waals surface area contributed by atoms with Gasteiger partial charge in [-0.05, 0) is 87.4 Å². The maximum atomic E-state index is 14.0. The Morgan fingerprint density at radius 2 is 1.61 bits per heavy atom. The van der Waals surface area contributed by atoms with Gasteiger partial charge in [-0.3, -0.25) is 9.59 Å². The van der Waals surface area contributed by atoms with Gasteiger partial charge >= 0.3 is 12.1 Å². The summed E-state index contributed by atoms with van der Waals surface area (Å²) in [4.78, 5) is 50.9. The first-order valence-corrected chi connectivity index (χ1v) is 13.7. The van der Waals surface area contributed by atoms with Gasteiger partial charge in [0.25, 0.3) is 0 Å². The summed E-state index contributed by atoms with van der Waals surface area (Å²) in [5, 5.41) is 0. The molecule has 0 spiro atoms. The van der Waals surface area contributed by atoms with Gasteiger partial charge in [0, 0.05) is 17.3 Å². The van der Waals surface area contributed by atoms with Crippen molar-refractivity contribution in [3.8, 4) is 0 Å². The van der Waals surface area contributed by atoms with Gasteiger partial charge in [-0.25, -0.2) is 4.79 Å². The Hall–Kier alpha value is -1.92. The second-order valence-corrected chi connectivity index (χ2v) is 13.2. The molecule has 4 fully saturated rings. The Bertz CT molecular complexity index is 940. The highest BCUT2D eigenvalue weighted by atomic mass is 16.7. The average molecular weight is 505 g/mol. The van der Waals surface area contributed by atoms with Crippen LogP contribution < -0.4 is 0 Å². The molecular formula is C29H44O7. The third-order valence-corrected chi connectivity index (χ3v) is 11.3. The number of methoxy groups -OCH3 is 2. The lowest BCUT2D eigenvalue weighted by Gasteiger charge is -2.64.